The van der Waals surface area contributed by atoms with Crippen LogP contribution in [0.2, 0.25) is 5.02 Å². The van der Waals surface area contributed by atoms with Gasteiger partial charge >= 0.3 is 0 Å². The fourth-order valence-electron chi connectivity index (χ4n) is 3.88. The quantitative estimate of drug-likeness (QED) is 0.718. The number of carbonyl (C=O) groups excluding carboxylic acids is 1. The minimum Gasteiger partial charge on any atom is -0.369 e. The number of hydrogen-bond donors (Lipinski definition) is 1. The van der Waals surface area contributed by atoms with Crippen LogP contribution in [0.15, 0.2) is 54.6 Å². The topological polar surface area (TPSA) is 40.5 Å². The highest BCUT2D eigenvalue weighted by molar-refractivity contribution is 6.38. The summed E-state index contributed by atoms with van der Waals surface area (Å²) in [4.78, 5) is 17.5. The van der Waals surface area contributed by atoms with Crippen molar-refractivity contribution >= 4 is 34.1 Å². The predicted molar refractivity (Wildman–Crippen MR) is 115 cm³/mol. The zero-order valence-corrected chi connectivity index (χ0v) is 16.8. The summed E-state index contributed by atoms with van der Waals surface area (Å²) in [6.07, 6.45) is 0. The van der Waals surface area contributed by atoms with Gasteiger partial charge in [0.2, 0.25) is 0 Å². The Kier molecular flexibility index (Phi) is 5.55. The lowest BCUT2D eigenvalue weighted by Gasteiger charge is -2.36. The van der Waals surface area contributed by atoms with Crippen molar-refractivity contribution in [2.75, 3.05) is 44.2 Å². The van der Waals surface area contributed by atoms with Crippen LogP contribution in [0.1, 0.15) is 10.5 Å². The Morgan fingerprint density at radius 3 is 2.39 bits per heavy atom. The fraction of sp³-hybridized carbons (Fsp3) is 0.318. The van der Waals surface area contributed by atoms with E-state index in [4.69, 9.17) is 11.6 Å². The molecule has 5 nitrogen and oxygen atoms in total. The molecule has 0 atom stereocenters. The van der Waals surface area contributed by atoms with E-state index < -0.39 is 0 Å². The number of nitrogens with zero attached hydrogens (tertiary/aromatic N) is 3. The number of anilines is 1. The maximum atomic E-state index is 12.7. The van der Waals surface area contributed by atoms with Crippen LogP contribution < -0.4 is 10.2 Å². The van der Waals surface area contributed by atoms with Gasteiger partial charge in [0.25, 0.3) is 5.91 Å². The molecular weight excluding hydrogens is 372 g/mol. The molecule has 1 amide bonds. The SMILES string of the molecule is Cn1c(C(=O)NCCN2CCN(c3ccccc3)CC2)c(Cl)c2ccccc21. The summed E-state index contributed by atoms with van der Waals surface area (Å²) in [6, 6.07) is 18.3. The second-order valence-corrected chi connectivity index (χ2v) is 7.54. The Morgan fingerprint density at radius 2 is 1.68 bits per heavy atom. The molecule has 1 N–H and O–H groups in total. The number of piperazine rings is 1. The van der Waals surface area contributed by atoms with Crippen molar-refractivity contribution in [3.05, 3.63) is 65.3 Å². The molecule has 1 fully saturated rings. The maximum absolute atomic E-state index is 12.7. The molecule has 0 bridgehead atoms. The molecule has 0 spiro atoms. The van der Waals surface area contributed by atoms with Crippen LogP contribution >= 0.6 is 11.6 Å². The molecule has 6 heteroatoms. The van der Waals surface area contributed by atoms with E-state index in [0.717, 1.165) is 43.6 Å². The Bertz CT molecular complexity index is 922. The van der Waals surface area contributed by atoms with Gasteiger partial charge in [-0.25, -0.2) is 0 Å². The summed E-state index contributed by atoms with van der Waals surface area (Å²) in [7, 11) is 1.88. The molecule has 1 aliphatic rings. The van der Waals surface area contributed by atoms with Crippen molar-refractivity contribution in [2.24, 2.45) is 7.05 Å². The highest BCUT2D eigenvalue weighted by Gasteiger charge is 2.20. The molecule has 0 radical (unpaired) electrons. The fourth-order valence-corrected chi connectivity index (χ4v) is 4.25. The molecule has 1 aromatic heterocycles. The number of benzene rings is 2. The summed E-state index contributed by atoms with van der Waals surface area (Å²) in [5.74, 6) is -0.119. The van der Waals surface area contributed by atoms with Crippen molar-refractivity contribution in [2.45, 2.75) is 0 Å². The normalized spacial score (nSPS) is 15.1. The zero-order valence-electron chi connectivity index (χ0n) is 16.1. The van der Waals surface area contributed by atoms with Crippen LogP contribution in [0.5, 0.6) is 0 Å². The van der Waals surface area contributed by atoms with Crippen LogP contribution in [0.25, 0.3) is 10.9 Å². The molecule has 0 aliphatic carbocycles. The number of halogens is 1. The summed E-state index contributed by atoms with van der Waals surface area (Å²) in [6.45, 7) is 5.47. The lowest BCUT2D eigenvalue weighted by molar-refractivity contribution is 0.0940. The number of hydrogen-bond acceptors (Lipinski definition) is 3. The van der Waals surface area contributed by atoms with Gasteiger partial charge in [-0.3, -0.25) is 9.69 Å². The van der Waals surface area contributed by atoms with E-state index in [1.165, 1.54) is 5.69 Å². The number of fused-ring (bicyclic) bond motifs is 1. The van der Waals surface area contributed by atoms with Gasteiger partial charge in [0, 0.05) is 62.9 Å². The molecule has 1 aliphatic heterocycles. The van der Waals surface area contributed by atoms with E-state index in [1.54, 1.807) is 0 Å². The Morgan fingerprint density at radius 1 is 1.00 bits per heavy atom. The number of amides is 1. The van der Waals surface area contributed by atoms with Gasteiger partial charge in [-0.05, 0) is 18.2 Å². The second kappa shape index (κ2) is 8.25. The van der Waals surface area contributed by atoms with Gasteiger partial charge < -0.3 is 14.8 Å². The number of carbonyl (C=O) groups is 1. The average molecular weight is 397 g/mol. The first-order chi connectivity index (χ1) is 13.6. The third-order valence-corrected chi connectivity index (χ3v) is 5.85. The van der Waals surface area contributed by atoms with Gasteiger partial charge in [0.15, 0.2) is 0 Å². The first kappa shape index (κ1) is 18.8. The van der Waals surface area contributed by atoms with Gasteiger partial charge in [-0.2, -0.15) is 0 Å². The molecule has 28 heavy (non-hydrogen) atoms. The standard InChI is InChI=1S/C22H25ClN4O/c1-25-19-10-6-5-9-18(19)20(23)21(25)22(28)24-11-12-26-13-15-27(16-14-26)17-7-3-2-4-8-17/h2-10H,11-16H2,1H3,(H,24,28). The van der Waals surface area contributed by atoms with Crippen LogP contribution in [0, 0.1) is 0 Å². The lowest BCUT2D eigenvalue weighted by Crippen LogP contribution is -2.48. The minimum absolute atomic E-state index is 0.119. The highest BCUT2D eigenvalue weighted by atomic mass is 35.5. The van der Waals surface area contributed by atoms with E-state index in [1.807, 2.05) is 41.9 Å². The van der Waals surface area contributed by atoms with E-state index in [9.17, 15) is 4.79 Å². The van der Waals surface area contributed by atoms with Crippen LogP contribution in [-0.2, 0) is 7.05 Å². The van der Waals surface area contributed by atoms with Gasteiger partial charge in [0.1, 0.15) is 5.69 Å². The number of nitrogens with one attached hydrogen (secondary N) is 1. The molecule has 3 aromatic rings. The van der Waals surface area contributed by atoms with Gasteiger partial charge in [-0.15, -0.1) is 0 Å². The zero-order chi connectivity index (χ0) is 19.5. The molecule has 4 rings (SSSR count). The Hall–Kier alpha value is -2.50. The highest BCUT2D eigenvalue weighted by Crippen LogP contribution is 2.29. The first-order valence-corrected chi connectivity index (χ1v) is 10.1. The third kappa shape index (κ3) is 3.73. The van der Waals surface area contributed by atoms with Crippen LogP contribution in [0.4, 0.5) is 5.69 Å². The van der Waals surface area contributed by atoms with Crippen LogP contribution in [-0.4, -0.2) is 54.6 Å². The maximum Gasteiger partial charge on any atom is 0.269 e. The molecule has 146 valence electrons. The number of aryl methyl sites for hydroxylation is 1. The van der Waals surface area contributed by atoms with Crippen molar-refractivity contribution in [3.63, 3.8) is 0 Å². The average Bonchev–Trinajstić information content (AvgIpc) is 3.00. The summed E-state index contributed by atoms with van der Waals surface area (Å²) < 4.78 is 1.87. The van der Waals surface area contributed by atoms with E-state index >= 15 is 0 Å². The molecule has 1 saturated heterocycles. The molecular formula is C22H25ClN4O. The number of para-hydroxylation sites is 2. The monoisotopic (exact) mass is 396 g/mol. The molecule has 2 aromatic carbocycles. The summed E-state index contributed by atoms with van der Waals surface area (Å²) >= 11 is 6.46. The van der Waals surface area contributed by atoms with Crippen molar-refractivity contribution in [3.8, 4) is 0 Å². The van der Waals surface area contributed by atoms with Crippen LogP contribution in [0.3, 0.4) is 0 Å². The molecule has 2 heterocycles. The summed E-state index contributed by atoms with van der Waals surface area (Å²) in [5, 5.41) is 4.46. The van der Waals surface area contributed by atoms with Crippen molar-refractivity contribution < 1.29 is 4.79 Å². The molecule has 0 unspecified atom stereocenters. The van der Waals surface area contributed by atoms with Gasteiger partial charge in [-0.1, -0.05) is 48.0 Å². The van der Waals surface area contributed by atoms with Crippen molar-refractivity contribution in [1.82, 2.24) is 14.8 Å². The van der Waals surface area contributed by atoms with Gasteiger partial charge in [0.05, 0.1) is 5.02 Å². The number of rotatable bonds is 5. The van der Waals surface area contributed by atoms with E-state index in [0.29, 0.717) is 17.3 Å². The first-order valence-electron chi connectivity index (χ1n) is 9.68. The second-order valence-electron chi connectivity index (χ2n) is 7.16. The van der Waals surface area contributed by atoms with E-state index in [-0.39, 0.29) is 5.91 Å². The summed E-state index contributed by atoms with van der Waals surface area (Å²) in [5.41, 5.74) is 2.77. The molecule has 0 saturated carbocycles. The number of aromatic nitrogens is 1. The van der Waals surface area contributed by atoms with E-state index in [2.05, 4.69) is 39.4 Å². The van der Waals surface area contributed by atoms with Crippen molar-refractivity contribution in [1.29, 1.82) is 0 Å². The predicted octanol–water partition coefficient (Wildman–Crippen LogP) is 3.38. The minimum atomic E-state index is -0.119. The third-order valence-electron chi connectivity index (χ3n) is 5.47. The Balaban J connectivity index is 1.30. The lowest BCUT2D eigenvalue weighted by atomic mass is 10.2. The smallest absolute Gasteiger partial charge is 0.269 e. The largest absolute Gasteiger partial charge is 0.369 e. The Labute approximate surface area is 170 Å².